The van der Waals surface area contributed by atoms with Crippen molar-refractivity contribution in [3.63, 3.8) is 0 Å². The van der Waals surface area contributed by atoms with Gasteiger partial charge in [-0.25, -0.2) is 4.79 Å². The summed E-state index contributed by atoms with van der Waals surface area (Å²) in [5.74, 6) is 1.02. The number of carbonyl (C=O) groups excluding carboxylic acids is 11. The second-order valence-corrected chi connectivity index (χ2v) is 38.9. The maximum Gasteiger partial charge on any atom is 0.335 e. The molecule has 0 unspecified atom stereocenters. The number of nitrogens with zero attached hydrogens (tertiary/aromatic N) is 2. The van der Waals surface area contributed by atoms with Crippen molar-refractivity contribution in [3.8, 4) is 0 Å². The second-order valence-electron chi connectivity index (χ2n) is 38.9. The molecule has 0 spiro atoms. The van der Waals surface area contributed by atoms with E-state index in [0.717, 1.165) is 140 Å². The quantitative estimate of drug-likeness (QED) is 0.0144. The molecule has 0 aliphatic carbocycles. The number of rotatable bonds is 62. The van der Waals surface area contributed by atoms with E-state index in [9.17, 15) is 57.5 Å². The van der Waals surface area contributed by atoms with E-state index in [4.69, 9.17) is 10.2 Å². The number of Topliss-reactive ketones (excluding diaryl/α,β-unsaturated/α-hetero) is 11. The Balaban J connectivity index is -0.000000140. The van der Waals surface area contributed by atoms with Crippen LogP contribution >= 0.6 is 0 Å². The number of likely N-dealkylation sites (N-methyl/N-ethyl adjacent to an activating group) is 11. The number of aryl methyl sites for hydroxylation is 3. The molecule has 0 heterocycles. The standard InChI is InChI=1S/C14H25NO.2C13H25NO.C12H15NO3.3C12H17NO.2C10H19NO.C7H15NO2.C5H11NO.5CH4/c1-5-7-9-11-14(15-4,13(3)16)12-10-8-6-2;2*1-5-6-7-8-9-10-11-13(3,14-4)12(2)15;1-8(14)11(13-2)7-9-3-5-10(6-4-9)12(15)16;1-9-4-6-11(7-5-9)8-12(13-3)10(2)14;1-9-5-4-6-11(7-9)8-12(13-3)10(2)14;1-9-6-4-5-7-11(9)8-12(13-3)10(2)14;2*1-5-6-7-8-10(3,11-4)9(2)12;1-5(9)7(6(2)10)8(3)4;1-5(7)4-6(2)3;;;;;/h5-6,15H,1-2,7-12H2,3-4H3;2*5,14H,1,6-11H2,2-4H3;3-6,11,13H,7H2,1-2H3,(H,15,16);3*4-7,12-13H,8H2,1-3H3;2*5,11H,1,6-8H2,2-4H3;5,7,9H,1-4H3;4H2,1-3H3;5*1H4/t;2*13-;11-;3*12-;2*10-;5-,7+;;;;;;/m.100000101....../s1. The van der Waals surface area contributed by atoms with Gasteiger partial charge in [-0.3, -0.25) is 57.6 Å². The van der Waals surface area contributed by atoms with Gasteiger partial charge in [0.05, 0.1) is 76.1 Å². The van der Waals surface area contributed by atoms with Crippen LogP contribution in [0.3, 0.4) is 0 Å². The Hall–Kier alpha value is -9.32. The fraction of sp³-hybridized carbons (Fsp3) is 0.616. The van der Waals surface area contributed by atoms with E-state index in [1.54, 1.807) is 120 Å². The average molecular weight is 2110 g/mol. The number of hydrogen-bond acceptors (Lipinski definition) is 24. The first-order chi connectivity index (χ1) is 67.9. The van der Waals surface area contributed by atoms with E-state index in [1.807, 2.05) is 158 Å². The summed E-state index contributed by atoms with van der Waals surface area (Å²) >= 11 is 0. The van der Waals surface area contributed by atoms with Crippen LogP contribution in [0, 0.1) is 20.8 Å². The number of allylic oxidation sites excluding steroid dienone is 6. The number of carbonyl (C=O) groups is 12. The molecule has 25 nitrogen and oxygen atoms in total. The van der Waals surface area contributed by atoms with Gasteiger partial charge in [0.2, 0.25) is 0 Å². The molecule has 0 fully saturated rings. The molecule has 0 saturated heterocycles. The third-order valence-electron chi connectivity index (χ3n) is 26.1. The Bertz CT molecular complexity index is 4190. The van der Waals surface area contributed by atoms with Crippen LogP contribution < -0.4 is 47.9 Å². The second kappa shape index (κ2) is 99.1. The molecule has 4 aromatic carbocycles. The van der Waals surface area contributed by atoms with E-state index in [2.05, 4.69) is 163 Å². The number of aliphatic hydroxyl groups excluding tert-OH is 1. The van der Waals surface area contributed by atoms with Gasteiger partial charge in [-0.15, -0.1) is 39.5 Å². The molecule has 0 aliphatic rings. The van der Waals surface area contributed by atoms with Crippen LogP contribution in [0.4, 0.5) is 0 Å². The lowest BCUT2D eigenvalue weighted by molar-refractivity contribution is -0.125. The molecule has 10 atom stereocenters. The number of benzene rings is 4. The molecule has 0 saturated carbocycles. The number of unbranched alkanes of at least 4 members (excludes halogenated alkanes) is 12. The molecule has 0 amide bonds. The highest BCUT2D eigenvalue weighted by atomic mass is 16.4. The normalized spacial score (nSPS) is 12.9. The minimum Gasteiger partial charge on any atom is -0.478 e. The summed E-state index contributed by atoms with van der Waals surface area (Å²) < 4.78 is 0. The van der Waals surface area contributed by atoms with Crippen LogP contribution in [0.2, 0.25) is 0 Å². The zero-order valence-corrected chi connectivity index (χ0v) is 96.6. The zero-order valence-electron chi connectivity index (χ0n) is 96.6. The van der Waals surface area contributed by atoms with Gasteiger partial charge in [-0.2, -0.15) is 0 Å². The van der Waals surface area contributed by atoms with Crippen LogP contribution in [0.25, 0.3) is 0 Å². The monoisotopic (exact) mass is 2100 g/mol. The Kier molecular flexibility index (Phi) is 109. The third kappa shape index (κ3) is 82.3. The highest BCUT2D eigenvalue weighted by Crippen LogP contribution is 2.25. The molecule has 4 rings (SSSR count). The first kappa shape index (κ1) is 166. The number of carboxylic acids is 1. The van der Waals surface area contributed by atoms with Gasteiger partial charge in [-0.1, -0.05) is 208 Å². The predicted octanol–water partition coefficient (Wildman–Crippen LogP) is 22.7. The summed E-state index contributed by atoms with van der Waals surface area (Å²) in [6, 6.07) is 30.5. The molecule has 0 bridgehead atoms. The summed E-state index contributed by atoms with van der Waals surface area (Å²) in [5.41, 5.74) is 6.90. The minimum absolute atomic E-state index is 0. The predicted molar refractivity (Wildman–Crippen MR) is 646 cm³/mol. The Morgan fingerprint density at radius 1 is 0.340 bits per heavy atom. The number of carboxylic acid groups (broad SMARTS) is 1. The average Bonchev–Trinajstić information content (AvgIpc) is 0.849. The SMILES string of the molecule is C.C.C.C.C.C=CCCCC(CCCC=C)(NC)C(C)=O.C=CCCCCCC[C@@](C)(NC)C(C)=O.C=CCCCCCC[C@](C)(NC)C(C)=O.C=CCCC[C@@](C)(NC)C(C)=O.C=CCCC[C@](C)(NC)C(C)=O.CC(=O)CN(C)C.CC(=O)[C@H]([C@@H](C)O)N(C)C.CN[C@@H](Cc1ccc(C(=O)O)cc1)C(C)=O.CN[C@@H](Cc1ccc(C)cc1)C(C)=O.CN[C@@H](Cc1cccc(C)c1)C(C)=O.CN[C@@H](Cc1ccccc1C)C(C)=O. The lowest BCUT2D eigenvalue weighted by atomic mass is 9.84. The molecular weight excluding hydrogens is 1880 g/mol. The number of nitrogens with one attached hydrogen (secondary N) is 9. The van der Waals surface area contributed by atoms with Gasteiger partial charge in [0.1, 0.15) is 63.6 Å². The van der Waals surface area contributed by atoms with Crippen LogP contribution in [0.1, 0.15) is 351 Å². The molecule has 0 aliphatic heterocycles. The van der Waals surface area contributed by atoms with E-state index < -0.39 is 12.1 Å². The maximum absolute atomic E-state index is 11.8. The van der Waals surface area contributed by atoms with Crippen molar-refractivity contribution in [1.29, 1.82) is 0 Å². The third-order valence-corrected chi connectivity index (χ3v) is 26.1. The zero-order chi connectivity index (χ0) is 113. The minimum atomic E-state index is -0.941. The van der Waals surface area contributed by atoms with Gasteiger partial charge in [0, 0.05) is 0 Å². The number of hydrogen-bond donors (Lipinski definition) is 11. The first-order valence-electron chi connectivity index (χ1n) is 51.8. The van der Waals surface area contributed by atoms with Crippen LogP contribution in [0.5, 0.6) is 0 Å². The molecular formula is C125H225N11O14. The van der Waals surface area contributed by atoms with E-state index in [1.165, 1.54) is 85.8 Å². The van der Waals surface area contributed by atoms with Crippen molar-refractivity contribution < 1.29 is 67.7 Å². The molecule has 864 valence electrons. The van der Waals surface area contributed by atoms with Crippen molar-refractivity contribution in [2.75, 3.05) is 98.2 Å². The molecule has 25 heteroatoms. The van der Waals surface area contributed by atoms with Crippen molar-refractivity contribution >= 4 is 69.6 Å². The highest BCUT2D eigenvalue weighted by molar-refractivity contribution is 5.89. The lowest BCUT2D eigenvalue weighted by Gasteiger charge is -2.31. The van der Waals surface area contributed by atoms with E-state index in [-0.39, 0.29) is 164 Å². The summed E-state index contributed by atoms with van der Waals surface area (Å²) in [7, 11) is 23.8. The highest BCUT2D eigenvalue weighted by Gasteiger charge is 2.33. The molecule has 4 aromatic rings. The Labute approximate surface area is 917 Å². The van der Waals surface area contributed by atoms with Crippen LogP contribution in [-0.2, 0) is 78.4 Å². The fourth-order valence-corrected chi connectivity index (χ4v) is 14.8. The topological polar surface area (TPSA) is 360 Å². The molecule has 11 N–H and O–H groups in total. The van der Waals surface area contributed by atoms with Gasteiger partial charge in [-0.05, 0) is 404 Å². The van der Waals surface area contributed by atoms with Crippen LogP contribution in [-0.4, -0.2) is 252 Å². The largest absolute Gasteiger partial charge is 0.478 e. The summed E-state index contributed by atoms with van der Waals surface area (Å²) in [6.07, 6.45) is 39.0. The number of aliphatic hydroxyl groups is 1. The smallest absolute Gasteiger partial charge is 0.335 e. The van der Waals surface area contributed by atoms with Crippen LogP contribution in [0.15, 0.2) is 173 Å². The van der Waals surface area contributed by atoms with Gasteiger partial charge >= 0.3 is 5.97 Å². The van der Waals surface area contributed by atoms with E-state index >= 15 is 0 Å². The van der Waals surface area contributed by atoms with Crippen molar-refractivity contribution in [2.24, 2.45) is 0 Å². The van der Waals surface area contributed by atoms with E-state index in [0.29, 0.717) is 13.0 Å². The fourth-order valence-electron chi connectivity index (χ4n) is 14.8. The number of aromatic carboxylic acids is 1. The molecule has 0 radical (unpaired) electrons. The van der Waals surface area contributed by atoms with Gasteiger partial charge < -0.3 is 63.0 Å². The molecule has 0 aromatic heterocycles. The first-order valence-corrected chi connectivity index (χ1v) is 51.8. The van der Waals surface area contributed by atoms with Crippen molar-refractivity contribution in [2.45, 2.75) is 412 Å². The number of ketones is 11. The van der Waals surface area contributed by atoms with Gasteiger partial charge in [0.15, 0.2) is 0 Å². The lowest BCUT2D eigenvalue weighted by Crippen LogP contribution is -2.49. The summed E-state index contributed by atoms with van der Waals surface area (Å²) in [5, 5.41) is 45.3. The Morgan fingerprint density at radius 3 is 0.867 bits per heavy atom. The van der Waals surface area contributed by atoms with Crippen molar-refractivity contribution in [1.82, 2.24) is 57.7 Å². The van der Waals surface area contributed by atoms with Gasteiger partial charge in [0.25, 0.3) is 0 Å². The summed E-state index contributed by atoms with van der Waals surface area (Å²) in [4.78, 5) is 137. The van der Waals surface area contributed by atoms with Crippen molar-refractivity contribution in [3.05, 3.63) is 217 Å². The summed E-state index contributed by atoms with van der Waals surface area (Å²) in [6.45, 7) is 56.1. The maximum atomic E-state index is 11.8. The molecule has 150 heavy (non-hydrogen) atoms. The Morgan fingerprint density at radius 2 is 0.633 bits per heavy atom.